The molecule has 23 heavy (non-hydrogen) atoms. The van der Waals surface area contributed by atoms with Gasteiger partial charge in [0, 0.05) is 12.4 Å². The van der Waals surface area contributed by atoms with Crippen molar-refractivity contribution in [3.63, 3.8) is 0 Å². The van der Waals surface area contributed by atoms with E-state index < -0.39 is 12.3 Å². The first-order chi connectivity index (χ1) is 10.8. The highest BCUT2D eigenvalue weighted by molar-refractivity contribution is 5.97. The summed E-state index contributed by atoms with van der Waals surface area (Å²) in [5, 5.41) is 2.99. The third-order valence-electron chi connectivity index (χ3n) is 3.84. The highest BCUT2D eigenvalue weighted by Gasteiger charge is 2.34. The SMILES string of the molecule is CNC(=O)c1cc(C)c2cc(C3CC3)cc(OC(F)(F)F)c2n1. The smallest absolute Gasteiger partial charge is 0.403 e. The topological polar surface area (TPSA) is 51.2 Å². The lowest BCUT2D eigenvalue weighted by atomic mass is 10.0. The van der Waals surface area contributed by atoms with E-state index in [1.54, 1.807) is 13.0 Å². The first-order valence-corrected chi connectivity index (χ1v) is 7.21. The number of pyridine rings is 1. The standard InChI is InChI=1S/C16H15F3N2O2/c1-8-5-12(15(22)20-2)21-14-11(8)6-10(9-3-4-9)7-13(14)23-16(17,18)19/h5-7,9H,3-4H2,1-2H3,(H,20,22). The van der Waals surface area contributed by atoms with Crippen molar-refractivity contribution < 1.29 is 22.7 Å². The number of benzene rings is 1. The van der Waals surface area contributed by atoms with Crippen LogP contribution in [0.4, 0.5) is 13.2 Å². The third-order valence-corrected chi connectivity index (χ3v) is 3.84. The van der Waals surface area contributed by atoms with Crippen LogP contribution in [0.5, 0.6) is 5.75 Å². The van der Waals surface area contributed by atoms with Gasteiger partial charge in [0.25, 0.3) is 5.91 Å². The van der Waals surface area contributed by atoms with Gasteiger partial charge in [0.2, 0.25) is 0 Å². The number of alkyl halides is 3. The second-order valence-electron chi connectivity index (χ2n) is 5.64. The normalized spacial score (nSPS) is 14.8. The van der Waals surface area contributed by atoms with E-state index in [1.807, 2.05) is 6.07 Å². The first kappa shape index (κ1) is 15.6. The van der Waals surface area contributed by atoms with E-state index in [-0.39, 0.29) is 22.9 Å². The minimum atomic E-state index is -4.81. The van der Waals surface area contributed by atoms with Crippen LogP contribution in [-0.2, 0) is 0 Å². The summed E-state index contributed by atoms with van der Waals surface area (Å²) in [7, 11) is 1.44. The Morgan fingerprint density at radius 3 is 2.57 bits per heavy atom. The average molecular weight is 324 g/mol. The number of nitrogens with zero attached hydrogens (tertiary/aromatic N) is 1. The Morgan fingerprint density at radius 1 is 1.30 bits per heavy atom. The Morgan fingerprint density at radius 2 is 2.00 bits per heavy atom. The van der Waals surface area contributed by atoms with Gasteiger partial charge in [-0.25, -0.2) is 4.98 Å². The first-order valence-electron chi connectivity index (χ1n) is 7.21. The molecule has 1 aliphatic rings. The van der Waals surface area contributed by atoms with Gasteiger partial charge in [0.15, 0.2) is 5.75 Å². The van der Waals surface area contributed by atoms with Gasteiger partial charge in [0.1, 0.15) is 11.2 Å². The van der Waals surface area contributed by atoms with Crippen molar-refractivity contribution in [2.75, 3.05) is 7.05 Å². The highest BCUT2D eigenvalue weighted by atomic mass is 19.4. The van der Waals surface area contributed by atoms with Gasteiger partial charge < -0.3 is 10.1 Å². The van der Waals surface area contributed by atoms with Gasteiger partial charge in [-0.05, 0) is 55.0 Å². The van der Waals surface area contributed by atoms with Gasteiger partial charge in [-0.15, -0.1) is 13.2 Å². The molecular formula is C16H15F3N2O2. The minimum Gasteiger partial charge on any atom is -0.403 e. The molecule has 1 saturated carbocycles. The van der Waals surface area contributed by atoms with Gasteiger partial charge in [0.05, 0.1) is 0 Å². The molecule has 0 bridgehead atoms. The maximum Gasteiger partial charge on any atom is 0.573 e. The number of fused-ring (bicyclic) bond motifs is 1. The molecule has 0 radical (unpaired) electrons. The Labute approximate surface area is 130 Å². The molecule has 1 aliphatic carbocycles. The zero-order valence-corrected chi connectivity index (χ0v) is 12.6. The van der Waals surface area contributed by atoms with Gasteiger partial charge in [-0.2, -0.15) is 0 Å². The molecule has 0 atom stereocenters. The summed E-state index contributed by atoms with van der Waals surface area (Å²) in [5.74, 6) is -0.544. The quantitative estimate of drug-likeness (QED) is 0.937. The summed E-state index contributed by atoms with van der Waals surface area (Å²) in [4.78, 5) is 15.8. The van der Waals surface area contributed by atoms with Crippen molar-refractivity contribution in [3.05, 3.63) is 35.0 Å². The number of halogens is 3. The fraction of sp³-hybridized carbons (Fsp3) is 0.375. The van der Waals surface area contributed by atoms with Crippen molar-refractivity contribution in [1.82, 2.24) is 10.3 Å². The molecular weight excluding hydrogens is 309 g/mol. The molecule has 7 heteroatoms. The molecule has 122 valence electrons. The molecule has 1 aromatic carbocycles. The number of amides is 1. The Bertz CT molecular complexity index is 783. The van der Waals surface area contributed by atoms with Crippen LogP contribution in [0, 0.1) is 6.92 Å². The van der Waals surface area contributed by atoms with E-state index in [9.17, 15) is 18.0 Å². The van der Waals surface area contributed by atoms with Crippen molar-refractivity contribution >= 4 is 16.8 Å². The predicted molar refractivity (Wildman–Crippen MR) is 78.5 cm³/mol. The second-order valence-corrected chi connectivity index (χ2v) is 5.64. The molecule has 1 N–H and O–H groups in total. The van der Waals surface area contributed by atoms with E-state index in [2.05, 4.69) is 15.0 Å². The van der Waals surface area contributed by atoms with E-state index >= 15 is 0 Å². The zero-order valence-electron chi connectivity index (χ0n) is 12.6. The maximum atomic E-state index is 12.7. The van der Waals surface area contributed by atoms with Crippen molar-refractivity contribution in [3.8, 4) is 5.75 Å². The number of hydrogen-bond acceptors (Lipinski definition) is 3. The number of carbonyl (C=O) groups excluding carboxylic acids is 1. The van der Waals surface area contributed by atoms with Gasteiger partial charge >= 0.3 is 6.36 Å². The molecule has 4 nitrogen and oxygen atoms in total. The number of carbonyl (C=O) groups is 1. The lowest BCUT2D eigenvalue weighted by molar-refractivity contribution is -0.274. The molecule has 1 heterocycles. The van der Waals surface area contributed by atoms with Crippen LogP contribution in [0.15, 0.2) is 18.2 Å². The van der Waals surface area contributed by atoms with Crippen molar-refractivity contribution in [1.29, 1.82) is 0 Å². The molecule has 0 aliphatic heterocycles. The average Bonchev–Trinajstić information content (AvgIpc) is 3.29. The number of hydrogen-bond donors (Lipinski definition) is 1. The predicted octanol–water partition coefficient (Wildman–Crippen LogP) is 3.68. The minimum absolute atomic E-state index is 0.0466. The van der Waals surface area contributed by atoms with E-state index in [0.717, 1.165) is 18.4 Å². The third kappa shape index (κ3) is 3.23. The number of ether oxygens (including phenoxy) is 1. The molecule has 1 amide bonds. The van der Waals surface area contributed by atoms with Crippen LogP contribution in [0.25, 0.3) is 10.9 Å². The fourth-order valence-electron chi connectivity index (χ4n) is 2.58. The summed E-state index contributed by atoms with van der Waals surface area (Å²) in [6.45, 7) is 1.74. The second kappa shape index (κ2) is 5.40. The zero-order chi connectivity index (χ0) is 16.8. The lowest BCUT2D eigenvalue weighted by Crippen LogP contribution is -2.20. The summed E-state index contributed by atoms with van der Waals surface area (Å²) < 4.78 is 42.3. The molecule has 2 aromatic rings. The number of rotatable bonds is 3. The highest BCUT2D eigenvalue weighted by Crippen LogP contribution is 2.44. The summed E-state index contributed by atoms with van der Waals surface area (Å²) in [5.41, 5.74) is 1.60. The molecule has 0 spiro atoms. The molecule has 1 aromatic heterocycles. The molecule has 0 unspecified atom stereocenters. The van der Waals surface area contributed by atoms with Crippen LogP contribution >= 0.6 is 0 Å². The number of aromatic nitrogens is 1. The molecule has 3 rings (SSSR count). The van der Waals surface area contributed by atoms with E-state index in [0.29, 0.717) is 10.9 Å². The monoisotopic (exact) mass is 324 g/mol. The molecule has 0 saturated heterocycles. The van der Waals surface area contributed by atoms with Crippen molar-refractivity contribution in [2.45, 2.75) is 32.0 Å². The molecule has 1 fully saturated rings. The van der Waals surface area contributed by atoms with Crippen molar-refractivity contribution in [2.24, 2.45) is 0 Å². The number of aryl methyl sites for hydroxylation is 1. The number of nitrogens with one attached hydrogen (secondary N) is 1. The van der Waals surface area contributed by atoms with E-state index in [4.69, 9.17) is 0 Å². The Hall–Kier alpha value is -2.31. The summed E-state index contributed by atoms with van der Waals surface area (Å²) in [6.07, 6.45) is -2.90. The largest absolute Gasteiger partial charge is 0.573 e. The van der Waals surface area contributed by atoms with Crippen LogP contribution in [0.1, 0.15) is 40.4 Å². The fourth-order valence-corrected chi connectivity index (χ4v) is 2.58. The van der Waals surface area contributed by atoms with Crippen LogP contribution in [0.3, 0.4) is 0 Å². The lowest BCUT2D eigenvalue weighted by Gasteiger charge is -2.15. The summed E-state index contributed by atoms with van der Waals surface area (Å²) >= 11 is 0. The van der Waals surface area contributed by atoms with E-state index in [1.165, 1.54) is 13.1 Å². The van der Waals surface area contributed by atoms with Crippen LogP contribution in [0.2, 0.25) is 0 Å². The van der Waals surface area contributed by atoms with Crippen LogP contribution in [-0.4, -0.2) is 24.3 Å². The maximum absolute atomic E-state index is 12.7. The van der Waals surface area contributed by atoms with Gasteiger partial charge in [-0.3, -0.25) is 4.79 Å². The Balaban J connectivity index is 2.22. The summed E-state index contributed by atoms with van der Waals surface area (Å²) in [6, 6.07) is 4.79. The Kier molecular flexibility index (Phi) is 3.66. The van der Waals surface area contributed by atoms with Gasteiger partial charge in [-0.1, -0.05) is 0 Å². The van der Waals surface area contributed by atoms with Crippen LogP contribution < -0.4 is 10.1 Å².